The predicted molar refractivity (Wildman–Crippen MR) is 152 cm³/mol. The average Bonchev–Trinajstić information content (AvgIpc) is 3.37. The SMILES string of the molecule is CCOc1ccc(-n2c(SCC(=O)NN=CC=Cc3ccccc3[N+](=O)[O-])nnc2-c2ccc(Cl)cc2)cc1. The summed E-state index contributed by atoms with van der Waals surface area (Å²) in [6.45, 7) is 2.48. The third-order valence-corrected chi connectivity index (χ3v) is 6.41. The van der Waals surface area contributed by atoms with Crippen LogP contribution < -0.4 is 10.2 Å². The second-order valence-electron chi connectivity index (χ2n) is 7.85. The van der Waals surface area contributed by atoms with E-state index < -0.39 is 4.92 Å². The second kappa shape index (κ2) is 13.4. The van der Waals surface area contributed by atoms with Crippen molar-refractivity contribution >= 4 is 47.2 Å². The molecule has 0 saturated heterocycles. The lowest BCUT2D eigenvalue weighted by atomic mass is 10.2. The standard InChI is InChI=1S/C27H23ClN6O4S/c1-2-38-23-15-13-22(14-16-23)33-26(20-9-11-21(28)12-10-20)31-32-27(33)39-18-25(35)30-29-17-5-7-19-6-3-4-8-24(19)34(36)37/h3-17H,2,18H2,1H3,(H,30,35). The molecule has 39 heavy (non-hydrogen) atoms. The van der Waals surface area contributed by atoms with Gasteiger partial charge in [0.1, 0.15) is 5.75 Å². The molecule has 12 heteroatoms. The van der Waals surface area contributed by atoms with Crippen LogP contribution in [-0.4, -0.2) is 44.2 Å². The number of nitrogens with zero attached hydrogens (tertiary/aromatic N) is 5. The van der Waals surface area contributed by atoms with Gasteiger partial charge in [-0.3, -0.25) is 19.5 Å². The van der Waals surface area contributed by atoms with Crippen molar-refractivity contribution in [1.82, 2.24) is 20.2 Å². The summed E-state index contributed by atoms with van der Waals surface area (Å²) in [5.41, 5.74) is 4.47. The second-order valence-corrected chi connectivity index (χ2v) is 9.23. The Labute approximate surface area is 233 Å². The molecule has 1 heterocycles. The maximum absolute atomic E-state index is 12.4. The highest BCUT2D eigenvalue weighted by Gasteiger charge is 2.17. The van der Waals surface area contributed by atoms with Gasteiger partial charge in [0.05, 0.1) is 22.8 Å². The average molecular weight is 563 g/mol. The van der Waals surface area contributed by atoms with Gasteiger partial charge in [0.2, 0.25) is 0 Å². The fourth-order valence-electron chi connectivity index (χ4n) is 3.50. The van der Waals surface area contributed by atoms with Crippen molar-refractivity contribution in [2.75, 3.05) is 12.4 Å². The van der Waals surface area contributed by atoms with E-state index in [1.54, 1.807) is 36.4 Å². The van der Waals surface area contributed by atoms with E-state index >= 15 is 0 Å². The maximum Gasteiger partial charge on any atom is 0.276 e. The van der Waals surface area contributed by atoms with Crippen LogP contribution in [0.15, 0.2) is 89.1 Å². The van der Waals surface area contributed by atoms with Crippen LogP contribution in [0.5, 0.6) is 5.75 Å². The predicted octanol–water partition coefficient (Wildman–Crippen LogP) is 5.80. The summed E-state index contributed by atoms with van der Waals surface area (Å²) in [6.07, 6.45) is 4.40. The first-order valence-corrected chi connectivity index (χ1v) is 13.1. The Morgan fingerprint density at radius 1 is 1.13 bits per heavy atom. The number of ether oxygens (including phenoxy) is 1. The third-order valence-electron chi connectivity index (χ3n) is 5.23. The highest BCUT2D eigenvalue weighted by atomic mass is 35.5. The first-order chi connectivity index (χ1) is 19.0. The van der Waals surface area contributed by atoms with Gasteiger partial charge in [-0.15, -0.1) is 10.2 Å². The number of nitro groups is 1. The number of rotatable bonds is 11. The summed E-state index contributed by atoms with van der Waals surface area (Å²) in [6, 6.07) is 21.1. The van der Waals surface area contributed by atoms with Gasteiger partial charge in [-0.05, 0) is 73.7 Å². The molecule has 0 spiro atoms. The first kappa shape index (κ1) is 27.6. The Hall–Kier alpha value is -4.48. The van der Waals surface area contributed by atoms with E-state index in [0.717, 1.165) is 17.0 Å². The Morgan fingerprint density at radius 2 is 1.87 bits per heavy atom. The molecule has 1 amide bonds. The van der Waals surface area contributed by atoms with Gasteiger partial charge >= 0.3 is 0 Å². The zero-order valence-electron chi connectivity index (χ0n) is 20.7. The minimum Gasteiger partial charge on any atom is -0.494 e. The number of allylic oxidation sites excluding steroid dienone is 1. The van der Waals surface area contributed by atoms with Crippen LogP contribution in [0, 0.1) is 10.1 Å². The third kappa shape index (κ3) is 7.30. The minimum absolute atomic E-state index is 0.0165. The normalized spacial score (nSPS) is 11.2. The first-order valence-electron chi connectivity index (χ1n) is 11.8. The van der Waals surface area contributed by atoms with Crippen LogP contribution in [0.4, 0.5) is 5.69 Å². The Balaban J connectivity index is 1.45. The number of aromatic nitrogens is 3. The van der Waals surface area contributed by atoms with Gasteiger partial charge in [0, 0.05) is 28.6 Å². The van der Waals surface area contributed by atoms with E-state index in [-0.39, 0.29) is 17.3 Å². The quantitative estimate of drug-likeness (QED) is 0.106. The van der Waals surface area contributed by atoms with E-state index in [4.69, 9.17) is 16.3 Å². The fourth-order valence-corrected chi connectivity index (χ4v) is 4.37. The number of hydrazone groups is 1. The molecular weight excluding hydrogens is 540 g/mol. The van der Waals surface area contributed by atoms with Crippen molar-refractivity contribution in [2.45, 2.75) is 12.1 Å². The summed E-state index contributed by atoms with van der Waals surface area (Å²) in [7, 11) is 0. The van der Waals surface area contributed by atoms with Gasteiger partial charge in [-0.1, -0.05) is 35.5 Å². The lowest BCUT2D eigenvalue weighted by molar-refractivity contribution is -0.385. The number of hydrogen-bond donors (Lipinski definition) is 1. The number of amides is 1. The van der Waals surface area contributed by atoms with Crippen LogP contribution in [0.1, 0.15) is 12.5 Å². The lowest BCUT2D eigenvalue weighted by Crippen LogP contribution is -2.19. The van der Waals surface area contributed by atoms with Crippen LogP contribution in [-0.2, 0) is 4.79 Å². The van der Waals surface area contributed by atoms with Crippen molar-refractivity contribution in [2.24, 2.45) is 5.10 Å². The molecule has 0 unspecified atom stereocenters. The number of thioether (sulfide) groups is 1. The summed E-state index contributed by atoms with van der Waals surface area (Å²) >= 11 is 7.26. The van der Waals surface area contributed by atoms with Crippen molar-refractivity contribution in [3.63, 3.8) is 0 Å². The summed E-state index contributed by atoms with van der Waals surface area (Å²) in [5.74, 6) is 1.01. The Kier molecular flexibility index (Phi) is 9.44. The van der Waals surface area contributed by atoms with E-state index in [0.29, 0.717) is 28.2 Å². The Bertz CT molecular complexity index is 1500. The molecule has 4 aromatic rings. The van der Waals surface area contributed by atoms with Crippen molar-refractivity contribution in [1.29, 1.82) is 0 Å². The number of benzene rings is 3. The fraction of sp³-hybridized carbons (Fsp3) is 0.111. The van der Waals surface area contributed by atoms with Crippen LogP contribution >= 0.6 is 23.4 Å². The molecule has 0 aliphatic carbocycles. The van der Waals surface area contributed by atoms with E-state index in [1.807, 2.05) is 47.9 Å². The van der Waals surface area contributed by atoms with Crippen LogP contribution in [0.2, 0.25) is 5.02 Å². The monoisotopic (exact) mass is 562 g/mol. The molecule has 198 valence electrons. The molecule has 0 fully saturated rings. The molecule has 0 atom stereocenters. The molecule has 0 radical (unpaired) electrons. The molecular formula is C27H23ClN6O4S. The zero-order chi connectivity index (χ0) is 27.6. The van der Waals surface area contributed by atoms with Gasteiger partial charge in [0.25, 0.3) is 11.6 Å². The van der Waals surface area contributed by atoms with Gasteiger partial charge < -0.3 is 4.74 Å². The van der Waals surface area contributed by atoms with E-state index in [2.05, 4.69) is 20.7 Å². The highest BCUT2D eigenvalue weighted by molar-refractivity contribution is 7.99. The van der Waals surface area contributed by atoms with E-state index in [9.17, 15) is 14.9 Å². The number of halogens is 1. The van der Waals surface area contributed by atoms with Crippen molar-refractivity contribution < 1.29 is 14.5 Å². The number of nitro benzene ring substituents is 1. The highest BCUT2D eigenvalue weighted by Crippen LogP contribution is 2.29. The molecule has 0 aliphatic rings. The summed E-state index contributed by atoms with van der Waals surface area (Å²) in [4.78, 5) is 23.1. The van der Waals surface area contributed by atoms with Crippen LogP contribution in [0.3, 0.4) is 0 Å². The molecule has 0 bridgehead atoms. The van der Waals surface area contributed by atoms with E-state index in [1.165, 1.54) is 30.1 Å². The minimum atomic E-state index is -0.458. The molecule has 0 saturated carbocycles. The molecule has 10 nitrogen and oxygen atoms in total. The Morgan fingerprint density at radius 3 is 2.59 bits per heavy atom. The molecule has 3 aromatic carbocycles. The molecule has 4 rings (SSSR count). The molecule has 1 N–H and O–H groups in total. The topological polar surface area (TPSA) is 125 Å². The number of hydrogen-bond acceptors (Lipinski definition) is 8. The van der Waals surface area contributed by atoms with Gasteiger partial charge in [-0.2, -0.15) is 5.10 Å². The molecule has 0 aliphatic heterocycles. The number of para-hydroxylation sites is 1. The summed E-state index contributed by atoms with van der Waals surface area (Å²) < 4.78 is 7.41. The number of carbonyl (C=O) groups is 1. The number of nitrogens with one attached hydrogen (secondary N) is 1. The number of carbonyl (C=O) groups excluding carboxylic acids is 1. The zero-order valence-corrected chi connectivity index (χ0v) is 22.3. The summed E-state index contributed by atoms with van der Waals surface area (Å²) in [5, 5.41) is 24.8. The molecule has 1 aromatic heterocycles. The maximum atomic E-state index is 12.4. The lowest BCUT2D eigenvalue weighted by Gasteiger charge is -2.11. The smallest absolute Gasteiger partial charge is 0.276 e. The largest absolute Gasteiger partial charge is 0.494 e. The van der Waals surface area contributed by atoms with Gasteiger partial charge in [-0.25, -0.2) is 5.43 Å². The van der Waals surface area contributed by atoms with Crippen molar-refractivity contribution in [3.8, 4) is 22.8 Å². The van der Waals surface area contributed by atoms with Crippen molar-refractivity contribution in [3.05, 3.63) is 99.6 Å². The van der Waals surface area contributed by atoms with Gasteiger partial charge in [0.15, 0.2) is 11.0 Å². The van der Waals surface area contributed by atoms with Crippen LogP contribution in [0.25, 0.3) is 23.2 Å².